The van der Waals surface area contributed by atoms with E-state index in [2.05, 4.69) is 10.1 Å². The minimum atomic E-state index is -0.170. The number of anilines is 1. The number of amidine groups is 1. The molecule has 0 unspecified atom stereocenters. The quantitative estimate of drug-likeness (QED) is 0.393. The van der Waals surface area contributed by atoms with Crippen LogP contribution in [0.1, 0.15) is 25.9 Å². The predicted octanol–water partition coefficient (Wildman–Crippen LogP) is 2.13. The lowest BCUT2D eigenvalue weighted by Gasteiger charge is -2.19. The number of para-hydroxylation sites is 1. The van der Waals surface area contributed by atoms with Crippen molar-refractivity contribution in [1.29, 1.82) is 0 Å². The lowest BCUT2D eigenvalue weighted by molar-refractivity contribution is 0.0996. The van der Waals surface area contributed by atoms with Crippen molar-refractivity contribution >= 4 is 28.8 Å². The van der Waals surface area contributed by atoms with Crippen LogP contribution in [0.25, 0.3) is 0 Å². The van der Waals surface area contributed by atoms with Crippen molar-refractivity contribution in [2.45, 2.75) is 13.8 Å². The fraction of sp³-hybridized carbons (Fsp3) is 0.214. The van der Waals surface area contributed by atoms with E-state index >= 15 is 0 Å². The van der Waals surface area contributed by atoms with Gasteiger partial charge in [0.2, 0.25) is 0 Å². The van der Waals surface area contributed by atoms with E-state index < -0.39 is 0 Å². The molecular formula is C14H16N4O2S. The molecule has 7 heteroatoms. The number of carbonyl (C=O) groups excluding carboxylic acids is 1. The van der Waals surface area contributed by atoms with Gasteiger partial charge in [-0.05, 0) is 26.0 Å². The number of thiazole rings is 1. The van der Waals surface area contributed by atoms with Gasteiger partial charge in [-0.2, -0.15) is 0 Å². The Morgan fingerprint density at radius 3 is 2.62 bits per heavy atom. The van der Waals surface area contributed by atoms with Crippen LogP contribution in [-0.4, -0.2) is 29.0 Å². The Kier molecular flexibility index (Phi) is 4.23. The van der Waals surface area contributed by atoms with Crippen LogP contribution in [-0.2, 0) is 0 Å². The third-order valence-corrected chi connectivity index (χ3v) is 4.11. The fourth-order valence-electron chi connectivity index (χ4n) is 2.03. The fourth-order valence-corrected chi connectivity index (χ4v) is 2.92. The monoisotopic (exact) mass is 304 g/mol. The number of nitrogens with zero attached hydrogens (tertiary/aromatic N) is 3. The summed E-state index contributed by atoms with van der Waals surface area (Å²) < 4.78 is 0. The van der Waals surface area contributed by atoms with Gasteiger partial charge in [0.1, 0.15) is 4.88 Å². The highest BCUT2D eigenvalue weighted by atomic mass is 32.1. The Morgan fingerprint density at radius 1 is 1.38 bits per heavy atom. The number of hydrogen-bond donors (Lipinski definition) is 2. The maximum Gasteiger partial charge on any atom is 0.270 e. The van der Waals surface area contributed by atoms with Gasteiger partial charge in [-0.15, -0.1) is 11.3 Å². The highest BCUT2D eigenvalue weighted by Gasteiger charge is 2.21. The van der Waals surface area contributed by atoms with Crippen LogP contribution in [0, 0.1) is 13.8 Å². The van der Waals surface area contributed by atoms with Gasteiger partial charge in [-0.1, -0.05) is 17.3 Å². The largest absolute Gasteiger partial charge is 0.409 e. The zero-order valence-electron chi connectivity index (χ0n) is 12.0. The number of amides is 1. The highest BCUT2D eigenvalue weighted by molar-refractivity contribution is 7.13. The van der Waals surface area contributed by atoms with Gasteiger partial charge in [0.15, 0.2) is 5.84 Å². The first-order valence-electron chi connectivity index (χ1n) is 6.24. The molecule has 0 bridgehead atoms. The molecule has 2 rings (SSSR count). The topological polar surface area (TPSA) is 91.8 Å². The third-order valence-electron chi connectivity index (χ3n) is 3.05. The number of aromatic nitrogens is 1. The van der Waals surface area contributed by atoms with Crippen LogP contribution in [0.2, 0.25) is 0 Å². The summed E-state index contributed by atoms with van der Waals surface area (Å²) >= 11 is 1.35. The molecule has 0 saturated heterocycles. The molecule has 1 aromatic heterocycles. The molecule has 2 aromatic rings. The normalized spacial score (nSPS) is 11.5. The molecule has 0 fully saturated rings. The molecule has 0 spiro atoms. The van der Waals surface area contributed by atoms with E-state index in [1.165, 1.54) is 16.2 Å². The van der Waals surface area contributed by atoms with E-state index in [0.717, 1.165) is 5.01 Å². The Morgan fingerprint density at radius 2 is 2.05 bits per heavy atom. The number of nitrogens with two attached hydrogens (primary N) is 1. The van der Waals surface area contributed by atoms with Crippen molar-refractivity contribution in [3.63, 3.8) is 0 Å². The van der Waals surface area contributed by atoms with Crippen LogP contribution in [0.4, 0.5) is 5.69 Å². The molecule has 21 heavy (non-hydrogen) atoms. The van der Waals surface area contributed by atoms with Gasteiger partial charge in [-0.25, -0.2) is 4.98 Å². The van der Waals surface area contributed by atoms with Crippen molar-refractivity contribution in [3.8, 4) is 0 Å². The van der Waals surface area contributed by atoms with Crippen molar-refractivity contribution in [2.24, 2.45) is 10.9 Å². The van der Waals surface area contributed by atoms with Crippen LogP contribution in [0.3, 0.4) is 0 Å². The van der Waals surface area contributed by atoms with Crippen molar-refractivity contribution in [2.75, 3.05) is 11.9 Å². The first-order chi connectivity index (χ1) is 9.95. The van der Waals surface area contributed by atoms with E-state index in [1.807, 2.05) is 6.92 Å². The minimum Gasteiger partial charge on any atom is -0.409 e. The molecule has 1 heterocycles. The number of aryl methyl sites for hydroxylation is 2. The predicted molar refractivity (Wildman–Crippen MR) is 83.3 cm³/mol. The maximum absolute atomic E-state index is 12.6. The summed E-state index contributed by atoms with van der Waals surface area (Å²) in [4.78, 5) is 18.9. The first kappa shape index (κ1) is 15.0. The molecule has 0 atom stereocenters. The number of rotatable bonds is 3. The maximum atomic E-state index is 12.6. The molecule has 6 nitrogen and oxygen atoms in total. The number of carbonyl (C=O) groups is 1. The molecular weight excluding hydrogens is 288 g/mol. The smallest absolute Gasteiger partial charge is 0.270 e. The summed E-state index contributed by atoms with van der Waals surface area (Å²) in [5, 5.41) is 12.7. The molecule has 0 saturated carbocycles. The molecule has 1 aromatic carbocycles. The van der Waals surface area contributed by atoms with Gasteiger partial charge in [-0.3, -0.25) is 4.79 Å². The third kappa shape index (κ3) is 2.87. The van der Waals surface area contributed by atoms with Crippen LogP contribution in [0.15, 0.2) is 29.4 Å². The van der Waals surface area contributed by atoms with Gasteiger partial charge >= 0.3 is 0 Å². The minimum absolute atomic E-state index is 0.0394. The van der Waals surface area contributed by atoms with Gasteiger partial charge < -0.3 is 15.8 Å². The van der Waals surface area contributed by atoms with E-state index in [0.29, 0.717) is 21.8 Å². The second-order valence-electron chi connectivity index (χ2n) is 4.51. The molecule has 3 N–H and O–H groups in total. The van der Waals surface area contributed by atoms with Gasteiger partial charge in [0.25, 0.3) is 5.91 Å². The molecule has 0 aliphatic carbocycles. The van der Waals surface area contributed by atoms with E-state index in [4.69, 9.17) is 10.9 Å². The molecule has 110 valence electrons. The summed E-state index contributed by atoms with van der Waals surface area (Å²) in [6, 6.07) is 6.99. The Bertz CT molecular complexity index is 709. The lowest BCUT2D eigenvalue weighted by Crippen LogP contribution is -2.29. The SMILES string of the molecule is Cc1nc(C)c(C(=O)N(C)c2ccccc2/C(N)=N/O)s1. The van der Waals surface area contributed by atoms with E-state index in [9.17, 15) is 4.79 Å². The molecule has 0 radical (unpaired) electrons. The van der Waals surface area contributed by atoms with Gasteiger partial charge in [0.05, 0.1) is 16.4 Å². The van der Waals surface area contributed by atoms with Crippen molar-refractivity contribution in [1.82, 2.24) is 4.98 Å². The van der Waals surface area contributed by atoms with E-state index in [-0.39, 0.29) is 11.7 Å². The van der Waals surface area contributed by atoms with E-state index in [1.54, 1.807) is 38.2 Å². The average Bonchev–Trinajstić information content (AvgIpc) is 2.83. The van der Waals surface area contributed by atoms with Crippen molar-refractivity contribution < 1.29 is 10.0 Å². The second-order valence-corrected chi connectivity index (χ2v) is 5.72. The summed E-state index contributed by atoms with van der Waals surface area (Å²) in [5.41, 5.74) is 7.43. The van der Waals surface area contributed by atoms with Crippen molar-refractivity contribution in [3.05, 3.63) is 45.4 Å². The standard InChI is InChI=1S/C14H16N4O2S/c1-8-12(21-9(2)16-8)14(19)18(3)11-7-5-4-6-10(11)13(15)17-20/h4-7,20H,1-3H3,(H2,15,17). The average molecular weight is 304 g/mol. The second kappa shape index (κ2) is 5.92. The summed E-state index contributed by atoms with van der Waals surface area (Å²) in [5.74, 6) is -0.209. The summed E-state index contributed by atoms with van der Waals surface area (Å²) in [7, 11) is 1.65. The van der Waals surface area contributed by atoms with Gasteiger partial charge in [0, 0.05) is 12.6 Å². The molecule has 0 aliphatic rings. The number of oxime groups is 1. The van der Waals surface area contributed by atoms with Crippen LogP contribution in [0.5, 0.6) is 0 Å². The Labute approximate surface area is 126 Å². The number of benzene rings is 1. The van der Waals surface area contributed by atoms with Crippen LogP contribution >= 0.6 is 11.3 Å². The zero-order chi connectivity index (χ0) is 15.6. The lowest BCUT2D eigenvalue weighted by atomic mass is 10.1. The summed E-state index contributed by atoms with van der Waals surface area (Å²) in [6.07, 6.45) is 0. The summed E-state index contributed by atoms with van der Waals surface area (Å²) in [6.45, 7) is 3.67. The molecule has 0 aliphatic heterocycles. The Balaban J connectivity index is 2.43. The Hall–Kier alpha value is -2.41. The highest BCUT2D eigenvalue weighted by Crippen LogP contribution is 2.24. The zero-order valence-corrected chi connectivity index (χ0v) is 12.8. The first-order valence-corrected chi connectivity index (χ1v) is 7.06. The van der Waals surface area contributed by atoms with Crippen LogP contribution < -0.4 is 10.6 Å². The number of hydrogen-bond acceptors (Lipinski definition) is 5. The molecule has 1 amide bonds.